The summed E-state index contributed by atoms with van der Waals surface area (Å²) >= 11 is 3.37. The average Bonchev–Trinajstić information content (AvgIpc) is 2.36. The number of aliphatic carboxylic acids is 1. The highest BCUT2D eigenvalue weighted by molar-refractivity contribution is 9.10. The van der Waals surface area contributed by atoms with Crippen LogP contribution >= 0.6 is 15.9 Å². The number of anilines is 1. The molecule has 20 heavy (non-hydrogen) atoms. The average molecular weight is 338 g/mol. The molecule has 0 saturated heterocycles. The monoisotopic (exact) mass is 337 g/mol. The van der Waals surface area contributed by atoms with Crippen LogP contribution in [0.4, 0.5) is 5.69 Å². The zero-order chi connectivity index (χ0) is 14.8. The van der Waals surface area contributed by atoms with E-state index in [1.807, 2.05) is 26.0 Å². The molecule has 2 aromatic rings. The highest BCUT2D eigenvalue weighted by atomic mass is 79.9. The summed E-state index contributed by atoms with van der Waals surface area (Å²) in [7, 11) is 0. The molecule has 0 aliphatic carbocycles. The van der Waals surface area contributed by atoms with Crippen LogP contribution in [-0.4, -0.2) is 26.6 Å². The number of hydrogen-bond acceptors (Lipinski definition) is 4. The van der Waals surface area contributed by atoms with E-state index in [9.17, 15) is 4.79 Å². The summed E-state index contributed by atoms with van der Waals surface area (Å²) in [6.45, 7) is 3.95. The number of halogens is 1. The maximum Gasteiger partial charge on any atom is 0.303 e. The Bertz CT molecular complexity index is 643. The molecule has 0 aromatic carbocycles. The van der Waals surface area contributed by atoms with E-state index in [0.717, 1.165) is 21.2 Å². The predicted octanol–water partition coefficient (Wildman–Crippen LogP) is 3.45. The summed E-state index contributed by atoms with van der Waals surface area (Å²) in [6, 6.07) is 3.75. The lowest BCUT2D eigenvalue weighted by atomic mass is 9.98. The van der Waals surface area contributed by atoms with Gasteiger partial charge in [0.1, 0.15) is 5.52 Å². The van der Waals surface area contributed by atoms with E-state index in [4.69, 9.17) is 5.11 Å². The Hall–Kier alpha value is -1.69. The van der Waals surface area contributed by atoms with Crippen molar-refractivity contribution in [1.29, 1.82) is 0 Å². The van der Waals surface area contributed by atoms with Crippen LogP contribution in [0.5, 0.6) is 0 Å². The Morgan fingerprint density at radius 3 is 2.90 bits per heavy atom. The molecule has 2 N–H and O–H groups in total. The largest absolute Gasteiger partial charge is 0.481 e. The van der Waals surface area contributed by atoms with Crippen LogP contribution in [0.1, 0.15) is 26.7 Å². The zero-order valence-corrected chi connectivity index (χ0v) is 12.9. The molecule has 0 fully saturated rings. The quantitative estimate of drug-likeness (QED) is 0.873. The topological polar surface area (TPSA) is 75.1 Å². The molecule has 0 aliphatic heterocycles. The van der Waals surface area contributed by atoms with Crippen molar-refractivity contribution < 1.29 is 9.90 Å². The number of rotatable bonds is 5. The van der Waals surface area contributed by atoms with Crippen molar-refractivity contribution in [3.8, 4) is 0 Å². The van der Waals surface area contributed by atoms with E-state index in [2.05, 4.69) is 31.2 Å². The van der Waals surface area contributed by atoms with Gasteiger partial charge in [-0.2, -0.15) is 0 Å². The lowest BCUT2D eigenvalue weighted by molar-refractivity contribution is -0.137. The summed E-state index contributed by atoms with van der Waals surface area (Å²) in [6.07, 6.45) is 4.09. The molecule has 6 heteroatoms. The highest BCUT2D eigenvalue weighted by Crippen LogP contribution is 2.26. The van der Waals surface area contributed by atoms with Crippen LogP contribution in [-0.2, 0) is 4.79 Å². The second-order valence-electron chi connectivity index (χ2n) is 5.28. The summed E-state index contributed by atoms with van der Waals surface area (Å²) < 4.78 is 0.875. The van der Waals surface area contributed by atoms with Gasteiger partial charge in [0, 0.05) is 28.8 Å². The van der Waals surface area contributed by atoms with Crippen LogP contribution in [0.2, 0.25) is 0 Å². The third kappa shape index (κ3) is 3.66. The maximum atomic E-state index is 10.7. The van der Waals surface area contributed by atoms with Gasteiger partial charge in [-0.05, 0) is 48.3 Å². The zero-order valence-electron chi connectivity index (χ0n) is 11.4. The van der Waals surface area contributed by atoms with Crippen LogP contribution < -0.4 is 5.32 Å². The van der Waals surface area contributed by atoms with Gasteiger partial charge >= 0.3 is 5.97 Å². The Balaban J connectivity index is 2.27. The number of fused-ring (bicyclic) bond motifs is 1. The van der Waals surface area contributed by atoms with E-state index >= 15 is 0 Å². The molecule has 2 rings (SSSR count). The second kappa shape index (κ2) is 5.75. The molecule has 0 amide bonds. The number of pyridine rings is 2. The van der Waals surface area contributed by atoms with Crippen molar-refractivity contribution in [2.24, 2.45) is 0 Å². The van der Waals surface area contributed by atoms with Crippen molar-refractivity contribution in [2.75, 3.05) is 5.32 Å². The van der Waals surface area contributed by atoms with Crippen LogP contribution in [0.3, 0.4) is 0 Å². The summed E-state index contributed by atoms with van der Waals surface area (Å²) in [4.78, 5) is 19.3. The van der Waals surface area contributed by atoms with Crippen LogP contribution in [0, 0.1) is 0 Å². The Kier molecular flexibility index (Phi) is 4.23. The van der Waals surface area contributed by atoms with Gasteiger partial charge in [-0.15, -0.1) is 0 Å². The number of carboxylic acids is 1. The van der Waals surface area contributed by atoms with E-state index in [1.165, 1.54) is 0 Å². The van der Waals surface area contributed by atoms with Crippen molar-refractivity contribution in [3.63, 3.8) is 0 Å². The standard InChI is InChI=1S/C14H16BrN3O2/c1-14(2,5-3-12(19)20)18-10-4-6-16-11-7-9(15)8-17-13(10)11/h4,6-8H,3,5H2,1-2H3,(H,16,18)(H,19,20). The molecule has 106 valence electrons. The molecule has 0 spiro atoms. The van der Waals surface area contributed by atoms with Gasteiger partial charge in [0.05, 0.1) is 11.2 Å². The van der Waals surface area contributed by atoms with Gasteiger partial charge in [0.2, 0.25) is 0 Å². The molecule has 2 aromatic heterocycles. The molecular weight excluding hydrogens is 322 g/mol. The SMILES string of the molecule is CC(C)(CCC(=O)O)Nc1ccnc2cc(Br)cnc12. The van der Waals surface area contributed by atoms with Gasteiger partial charge in [0.15, 0.2) is 0 Å². The van der Waals surface area contributed by atoms with E-state index in [1.54, 1.807) is 12.4 Å². The minimum Gasteiger partial charge on any atom is -0.481 e. The van der Waals surface area contributed by atoms with Crippen LogP contribution in [0.15, 0.2) is 29.0 Å². The fourth-order valence-corrected chi connectivity index (χ4v) is 2.27. The van der Waals surface area contributed by atoms with Crippen molar-refractivity contribution >= 4 is 38.6 Å². The van der Waals surface area contributed by atoms with Crippen molar-refractivity contribution in [3.05, 3.63) is 29.0 Å². The Morgan fingerprint density at radius 1 is 1.45 bits per heavy atom. The number of nitrogens with one attached hydrogen (secondary N) is 1. The third-order valence-electron chi connectivity index (χ3n) is 2.98. The van der Waals surface area contributed by atoms with E-state index in [-0.39, 0.29) is 12.0 Å². The molecule has 2 heterocycles. The first-order valence-electron chi connectivity index (χ1n) is 6.28. The third-order valence-corrected chi connectivity index (χ3v) is 3.41. The Morgan fingerprint density at radius 2 is 2.20 bits per heavy atom. The number of aromatic nitrogens is 2. The van der Waals surface area contributed by atoms with Gasteiger partial charge < -0.3 is 10.4 Å². The fraction of sp³-hybridized carbons (Fsp3) is 0.357. The first kappa shape index (κ1) is 14.7. The summed E-state index contributed by atoms with van der Waals surface area (Å²) in [5.41, 5.74) is 2.09. The van der Waals surface area contributed by atoms with Crippen LogP contribution in [0.25, 0.3) is 11.0 Å². The van der Waals surface area contributed by atoms with Crippen molar-refractivity contribution in [2.45, 2.75) is 32.2 Å². The molecule has 0 atom stereocenters. The first-order valence-corrected chi connectivity index (χ1v) is 7.07. The molecule has 0 unspecified atom stereocenters. The first-order chi connectivity index (χ1) is 9.37. The van der Waals surface area contributed by atoms with Gasteiger partial charge in [-0.1, -0.05) is 0 Å². The molecule has 0 aliphatic rings. The van der Waals surface area contributed by atoms with Gasteiger partial charge in [-0.3, -0.25) is 14.8 Å². The van der Waals surface area contributed by atoms with E-state index in [0.29, 0.717) is 6.42 Å². The molecule has 0 saturated carbocycles. The highest BCUT2D eigenvalue weighted by Gasteiger charge is 2.20. The number of hydrogen-bond donors (Lipinski definition) is 2. The summed E-state index contributed by atoms with van der Waals surface area (Å²) in [5, 5.41) is 12.1. The van der Waals surface area contributed by atoms with Gasteiger partial charge in [0.25, 0.3) is 0 Å². The minimum atomic E-state index is -0.790. The summed E-state index contributed by atoms with van der Waals surface area (Å²) in [5.74, 6) is -0.790. The number of nitrogens with zero attached hydrogens (tertiary/aromatic N) is 2. The number of carbonyl (C=O) groups is 1. The predicted molar refractivity (Wildman–Crippen MR) is 81.8 cm³/mol. The maximum absolute atomic E-state index is 10.7. The molecule has 5 nitrogen and oxygen atoms in total. The lowest BCUT2D eigenvalue weighted by Crippen LogP contribution is -2.31. The number of carboxylic acid groups (broad SMARTS) is 1. The fourth-order valence-electron chi connectivity index (χ4n) is 1.95. The normalized spacial score (nSPS) is 11.6. The molecule has 0 radical (unpaired) electrons. The van der Waals surface area contributed by atoms with Gasteiger partial charge in [-0.25, -0.2) is 0 Å². The Labute approximate surface area is 125 Å². The second-order valence-corrected chi connectivity index (χ2v) is 6.20. The van der Waals surface area contributed by atoms with Crippen molar-refractivity contribution in [1.82, 2.24) is 9.97 Å². The van der Waals surface area contributed by atoms with E-state index < -0.39 is 5.97 Å². The lowest BCUT2D eigenvalue weighted by Gasteiger charge is -2.27. The smallest absolute Gasteiger partial charge is 0.303 e. The molecular formula is C14H16BrN3O2. The molecule has 0 bridgehead atoms. The minimum absolute atomic E-state index is 0.127.